The summed E-state index contributed by atoms with van der Waals surface area (Å²) in [6, 6.07) is 9.86. The molecule has 0 saturated heterocycles. The summed E-state index contributed by atoms with van der Waals surface area (Å²) in [5.74, 6) is 0.0877. The number of nitrogens with zero attached hydrogens (tertiary/aromatic N) is 2. The number of ketones is 1. The van der Waals surface area contributed by atoms with Crippen molar-refractivity contribution in [3.8, 4) is 6.07 Å². The van der Waals surface area contributed by atoms with E-state index in [9.17, 15) is 10.1 Å². The maximum Gasteiger partial charge on any atom is 0.161 e. The molecule has 2 N–H and O–H groups in total. The summed E-state index contributed by atoms with van der Waals surface area (Å²) in [5, 5.41) is 14.5. The maximum atomic E-state index is 13.0. The quantitative estimate of drug-likeness (QED) is 0.775. The lowest BCUT2D eigenvalue weighted by Gasteiger charge is -2.40. The van der Waals surface area contributed by atoms with Crippen molar-refractivity contribution in [3.63, 3.8) is 0 Å². The molecule has 1 atom stereocenters. The van der Waals surface area contributed by atoms with Gasteiger partial charge in [-0.1, -0.05) is 17.7 Å². The molecule has 1 aliphatic heterocycles. The van der Waals surface area contributed by atoms with Gasteiger partial charge in [0, 0.05) is 22.7 Å². The van der Waals surface area contributed by atoms with Gasteiger partial charge in [-0.2, -0.15) is 16.6 Å². The highest BCUT2D eigenvalue weighted by molar-refractivity contribution is 7.08. The zero-order chi connectivity index (χ0) is 19.1. The second kappa shape index (κ2) is 6.88. The summed E-state index contributed by atoms with van der Waals surface area (Å²) in [7, 11) is 0. The number of rotatable bonds is 2. The van der Waals surface area contributed by atoms with Crippen LogP contribution in [0.3, 0.4) is 0 Å². The van der Waals surface area contributed by atoms with Gasteiger partial charge in [-0.15, -0.1) is 0 Å². The molecule has 0 bridgehead atoms. The Bertz CT molecular complexity index is 1030. The van der Waals surface area contributed by atoms with Crippen LogP contribution in [-0.2, 0) is 4.79 Å². The van der Waals surface area contributed by atoms with Gasteiger partial charge in [-0.05, 0) is 59.9 Å². The molecule has 1 aromatic heterocycles. The van der Waals surface area contributed by atoms with Gasteiger partial charge < -0.3 is 5.73 Å². The lowest BCUT2D eigenvalue weighted by molar-refractivity contribution is -0.116. The highest BCUT2D eigenvalue weighted by Crippen LogP contribution is 2.47. The van der Waals surface area contributed by atoms with Crippen molar-refractivity contribution < 1.29 is 4.79 Å². The normalized spacial score (nSPS) is 20.0. The topological polar surface area (TPSA) is 70.1 Å². The lowest BCUT2D eigenvalue weighted by atomic mass is 9.76. The molecule has 0 unspecified atom stereocenters. The van der Waals surface area contributed by atoms with E-state index in [1.165, 1.54) is 0 Å². The van der Waals surface area contributed by atoms with Crippen molar-refractivity contribution in [3.05, 3.63) is 73.8 Å². The molecule has 2 heterocycles. The second-order valence-electron chi connectivity index (χ2n) is 6.76. The average molecular weight is 396 g/mol. The van der Waals surface area contributed by atoms with Gasteiger partial charge in [0.2, 0.25) is 0 Å². The summed E-state index contributed by atoms with van der Waals surface area (Å²) in [6.45, 7) is 1.92. The molecule has 0 radical (unpaired) electrons. The third-order valence-corrected chi connectivity index (χ3v) is 6.38. The summed E-state index contributed by atoms with van der Waals surface area (Å²) in [5.41, 5.74) is 11.2. The van der Waals surface area contributed by atoms with E-state index in [1.807, 2.05) is 46.8 Å². The Morgan fingerprint density at radius 3 is 2.85 bits per heavy atom. The second-order valence-corrected chi connectivity index (χ2v) is 7.94. The summed E-state index contributed by atoms with van der Waals surface area (Å²) >= 11 is 7.89. The summed E-state index contributed by atoms with van der Waals surface area (Å²) < 4.78 is 0. The van der Waals surface area contributed by atoms with E-state index in [1.54, 1.807) is 11.3 Å². The number of anilines is 1. The van der Waals surface area contributed by atoms with Crippen LogP contribution in [0.15, 0.2) is 57.7 Å². The van der Waals surface area contributed by atoms with Gasteiger partial charge in [0.15, 0.2) is 5.78 Å². The predicted octanol–water partition coefficient (Wildman–Crippen LogP) is 5.01. The van der Waals surface area contributed by atoms with Gasteiger partial charge >= 0.3 is 0 Å². The predicted molar refractivity (Wildman–Crippen MR) is 108 cm³/mol. The van der Waals surface area contributed by atoms with Gasteiger partial charge in [-0.3, -0.25) is 9.69 Å². The number of nitriles is 1. The van der Waals surface area contributed by atoms with E-state index in [0.29, 0.717) is 28.4 Å². The van der Waals surface area contributed by atoms with Gasteiger partial charge in [0.05, 0.1) is 23.2 Å². The minimum absolute atomic E-state index is 0.0948. The molecule has 2 aliphatic rings. The fraction of sp³-hybridized carbons (Fsp3) is 0.238. The third kappa shape index (κ3) is 2.77. The van der Waals surface area contributed by atoms with Crippen LogP contribution in [-0.4, -0.2) is 5.78 Å². The number of carbonyl (C=O) groups is 1. The molecule has 4 rings (SSSR count). The Morgan fingerprint density at radius 2 is 2.15 bits per heavy atom. The molecule has 0 spiro atoms. The Labute approximate surface area is 167 Å². The fourth-order valence-corrected chi connectivity index (χ4v) is 4.83. The number of allylic oxidation sites excluding steroid dienone is 3. The van der Waals surface area contributed by atoms with Crippen LogP contribution in [0.25, 0.3) is 0 Å². The van der Waals surface area contributed by atoms with E-state index in [-0.39, 0.29) is 11.7 Å². The van der Waals surface area contributed by atoms with E-state index in [4.69, 9.17) is 17.3 Å². The first-order valence-electron chi connectivity index (χ1n) is 8.78. The maximum absolute atomic E-state index is 13.0. The number of nitrogens with two attached hydrogens (primary N) is 1. The molecule has 2 aromatic rings. The van der Waals surface area contributed by atoms with Gasteiger partial charge in [0.25, 0.3) is 0 Å². The molecular formula is C21H18ClN3OS. The van der Waals surface area contributed by atoms with Crippen molar-refractivity contribution in [1.82, 2.24) is 0 Å². The van der Waals surface area contributed by atoms with E-state index in [0.717, 1.165) is 35.4 Å². The van der Waals surface area contributed by atoms with Crippen molar-refractivity contribution in [2.45, 2.75) is 32.1 Å². The number of Topliss-reactive ketones (excluding diaryl/α,β-unsaturated/α-hetero) is 1. The van der Waals surface area contributed by atoms with Crippen LogP contribution >= 0.6 is 22.9 Å². The number of carbonyl (C=O) groups excluding carboxylic acids is 1. The number of halogens is 1. The zero-order valence-corrected chi connectivity index (χ0v) is 16.4. The molecule has 136 valence electrons. The third-order valence-electron chi connectivity index (χ3n) is 5.27. The molecule has 27 heavy (non-hydrogen) atoms. The Hall–Kier alpha value is -2.55. The van der Waals surface area contributed by atoms with Crippen LogP contribution in [0.4, 0.5) is 5.69 Å². The van der Waals surface area contributed by atoms with Crippen LogP contribution in [0.5, 0.6) is 0 Å². The molecule has 1 aliphatic carbocycles. The fourth-order valence-electron chi connectivity index (χ4n) is 3.97. The number of benzene rings is 1. The van der Waals surface area contributed by atoms with Crippen LogP contribution in [0.1, 0.15) is 36.3 Å². The van der Waals surface area contributed by atoms with Crippen LogP contribution < -0.4 is 10.6 Å². The van der Waals surface area contributed by atoms with Gasteiger partial charge in [0.1, 0.15) is 5.82 Å². The number of hydrogen-bond acceptors (Lipinski definition) is 5. The standard InChI is InChI=1S/C21H18ClN3OS/c1-12-15(22)4-2-5-16(12)25-17-6-3-7-18(26)20(17)19(13-8-9-27-11-13)14(10-23)21(25)24/h2,4-5,8-9,11,19H,3,6-7,24H2,1H3/t19-/m0/s1. The van der Waals surface area contributed by atoms with Crippen molar-refractivity contribution in [1.29, 1.82) is 5.26 Å². The van der Waals surface area contributed by atoms with Crippen molar-refractivity contribution in [2.24, 2.45) is 5.73 Å². The first-order valence-corrected chi connectivity index (χ1v) is 10.1. The highest BCUT2D eigenvalue weighted by atomic mass is 35.5. The molecular weight excluding hydrogens is 378 g/mol. The Balaban J connectivity index is 2.01. The molecule has 0 fully saturated rings. The smallest absolute Gasteiger partial charge is 0.161 e. The first kappa shape index (κ1) is 17.8. The minimum atomic E-state index is -0.389. The SMILES string of the molecule is Cc1c(Cl)cccc1N1C(N)=C(C#N)[C@H](c2ccsc2)C2=C1CCCC2=O. The lowest BCUT2D eigenvalue weighted by Crippen LogP contribution is -2.39. The van der Waals surface area contributed by atoms with Gasteiger partial charge in [-0.25, -0.2) is 0 Å². The van der Waals surface area contributed by atoms with Crippen LogP contribution in [0, 0.1) is 18.3 Å². The zero-order valence-electron chi connectivity index (χ0n) is 14.8. The molecule has 6 heteroatoms. The van der Waals surface area contributed by atoms with E-state index < -0.39 is 0 Å². The summed E-state index contributed by atoms with van der Waals surface area (Å²) in [6.07, 6.45) is 2.02. The molecule has 0 saturated carbocycles. The van der Waals surface area contributed by atoms with E-state index in [2.05, 4.69) is 6.07 Å². The van der Waals surface area contributed by atoms with Crippen molar-refractivity contribution in [2.75, 3.05) is 4.90 Å². The highest BCUT2D eigenvalue weighted by Gasteiger charge is 2.40. The molecule has 0 amide bonds. The Morgan fingerprint density at radius 1 is 1.33 bits per heavy atom. The minimum Gasteiger partial charge on any atom is -0.384 e. The monoisotopic (exact) mass is 395 g/mol. The number of thiophene rings is 1. The molecule has 1 aromatic carbocycles. The van der Waals surface area contributed by atoms with Crippen molar-refractivity contribution >= 4 is 34.4 Å². The Kier molecular flexibility index (Phi) is 4.55. The largest absolute Gasteiger partial charge is 0.384 e. The molecule has 4 nitrogen and oxygen atoms in total. The number of hydrogen-bond donors (Lipinski definition) is 1. The summed E-state index contributed by atoms with van der Waals surface area (Å²) in [4.78, 5) is 14.8. The van der Waals surface area contributed by atoms with E-state index >= 15 is 0 Å². The van der Waals surface area contributed by atoms with Crippen LogP contribution in [0.2, 0.25) is 5.02 Å². The first-order chi connectivity index (χ1) is 13.0. The average Bonchev–Trinajstić information content (AvgIpc) is 3.18.